The first-order chi connectivity index (χ1) is 12.1. The normalized spacial score (nSPS) is 12.9. The second-order valence-electron chi connectivity index (χ2n) is 6.14. The summed E-state index contributed by atoms with van der Waals surface area (Å²) in [5.41, 5.74) is 10.7. The minimum Gasteiger partial charge on any atom is -0.380 e. The van der Waals surface area contributed by atoms with Crippen LogP contribution in [0.4, 0.5) is 16.3 Å². The topological polar surface area (TPSA) is 89.1 Å². The lowest BCUT2D eigenvalue weighted by molar-refractivity contribution is 0.212. The van der Waals surface area contributed by atoms with Crippen molar-refractivity contribution < 1.29 is 4.79 Å². The number of carbonyl (C=O) groups is 1. The molecule has 0 aliphatic carbocycles. The van der Waals surface area contributed by atoms with E-state index in [0.29, 0.717) is 18.8 Å². The monoisotopic (exact) mass is 334 g/mol. The molecule has 3 aromatic rings. The first kappa shape index (κ1) is 15.2. The summed E-state index contributed by atoms with van der Waals surface area (Å²) in [7, 11) is 0. The number of fused-ring (bicyclic) bond motifs is 1. The fraction of sp³-hybridized carbons (Fsp3) is 0.167. The lowest BCUT2D eigenvalue weighted by Gasteiger charge is -2.15. The van der Waals surface area contributed by atoms with E-state index in [2.05, 4.69) is 15.4 Å². The van der Waals surface area contributed by atoms with E-state index in [1.165, 1.54) is 5.56 Å². The van der Waals surface area contributed by atoms with Gasteiger partial charge >= 0.3 is 6.03 Å². The maximum absolute atomic E-state index is 12.5. The van der Waals surface area contributed by atoms with Gasteiger partial charge in [0.2, 0.25) is 0 Å². The zero-order valence-electron chi connectivity index (χ0n) is 13.8. The molecule has 0 fully saturated rings. The molecule has 1 aromatic carbocycles. The summed E-state index contributed by atoms with van der Waals surface area (Å²) in [6, 6.07) is 9.65. The third kappa shape index (κ3) is 2.91. The van der Waals surface area contributed by atoms with Gasteiger partial charge in [-0.05, 0) is 36.2 Å². The van der Waals surface area contributed by atoms with Crippen molar-refractivity contribution in [3.8, 4) is 5.69 Å². The van der Waals surface area contributed by atoms with Crippen molar-refractivity contribution in [1.82, 2.24) is 19.7 Å². The number of hydrogen-bond donors (Lipinski definition) is 2. The predicted molar refractivity (Wildman–Crippen MR) is 95.2 cm³/mol. The summed E-state index contributed by atoms with van der Waals surface area (Å²) < 4.78 is 1.66. The Morgan fingerprint density at radius 2 is 1.92 bits per heavy atom. The average molecular weight is 334 g/mol. The molecule has 1 aliphatic rings. The summed E-state index contributed by atoms with van der Waals surface area (Å²) in [4.78, 5) is 18.3. The summed E-state index contributed by atoms with van der Waals surface area (Å²) in [5.74, 6) is 0.285. The fourth-order valence-corrected chi connectivity index (χ4v) is 2.87. The number of nitrogen functional groups attached to an aromatic ring is 1. The highest BCUT2D eigenvalue weighted by Crippen LogP contribution is 2.24. The van der Waals surface area contributed by atoms with Crippen molar-refractivity contribution in [3.05, 3.63) is 65.6 Å². The molecule has 0 unspecified atom stereocenters. The van der Waals surface area contributed by atoms with Crippen LogP contribution in [0.25, 0.3) is 5.69 Å². The highest BCUT2D eigenvalue weighted by molar-refractivity contribution is 5.92. The molecule has 0 spiro atoms. The average Bonchev–Trinajstić information content (AvgIpc) is 3.19. The lowest BCUT2D eigenvalue weighted by atomic mass is 10.2. The van der Waals surface area contributed by atoms with Crippen molar-refractivity contribution >= 4 is 17.5 Å². The van der Waals surface area contributed by atoms with Gasteiger partial charge in [0.05, 0.1) is 11.9 Å². The highest BCUT2D eigenvalue weighted by atomic mass is 16.2. The second-order valence-corrected chi connectivity index (χ2v) is 6.14. The van der Waals surface area contributed by atoms with E-state index >= 15 is 0 Å². The quantitative estimate of drug-likeness (QED) is 0.754. The van der Waals surface area contributed by atoms with Gasteiger partial charge in [-0.25, -0.2) is 9.48 Å². The van der Waals surface area contributed by atoms with Gasteiger partial charge in [-0.15, -0.1) is 5.10 Å². The molecule has 0 bridgehead atoms. The Morgan fingerprint density at radius 3 is 2.68 bits per heavy atom. The Balaban J connectivity index is 1.50. The molecule has 2 aromatic heterocycles. The molecule has 4 rings (SSSR count). The standard InChI is InChI=1S/C18H18N6O/c1-12-2-4-15(5-3-12)24-11-16(17(19)22-24)21-18(25)23-9-13-6-7-20-8-14(13)10-23/h2-8,11H,9-10H2,1H3,(H2,19,22)(H,21,25). The number of anilines is 2. The number of benzene rings is 1. The molecule has 25 heavy (non-hydrogen) atoms. The van der Waals surface area contributed by atoms with Gasteiger partial charge < -0.3 is 16.0 Å². The number of urea groups is 1. The van der Waals surface area contributed by atoms with Gasteiger partial charge in [0, 0.05) is 25.5 Å². The van der Waals surface area contributed by atoms with E-state index in [0.717, 1.165) is 16.8 Å². The zero-order valence-corrected chi connectivity index (χ0v) is 13.8. The summed E-state index contributed by atoms with van der Waals surface area (Å²) in [5, 5.41) is 7.13. The number of nitrogens with zero attached hydrogens (tertiary/aromatic N) is 4. The Bertz CT molecular complexity index is 906. The van der Waals surface area contributed by atoms with Crippen LogP contribution in [0.1, 0.15) is 16.7 Å². The molecular weight excluding hydrogens is 316 g/mol. The molecule has 0 saturated carbocycles. The van der Waals surface area contributed by atoms with E-state index in [9.17, 15) is 4.79 Å². The summed E-state index contributed by atoms with van der Waals surface area (Å²) in [6.07, 6.45) is 5.26. The molecule has 7 nitrogen and oxygen atoms in total. The van der Waals surface area contributed by atoms with Crippen LogP contribution in [0.2, 0.25) is 0 Å². The SMILES string of the molecule is Cc1ccc(-n2cc(NC(=O)N3Cc4ccncc4C3)c(N)n2)cc1. The first-order valence-electron chi connectivity index (χ1n) is 8.00. The second kappa shape index (κ2) is 5.94. The smallest absolute Gasteiger partial charge is 0.322 e. The van der Waals surface area contributed by atoms with Crippen LogP contribution in [0.5, 0.6) is 0 Å². The van der Waals surface area contributed by atoms with Gasteiger partial charge in [0.25, 0.3) is 0 Å². The number of pyridine rings is 1. The highest BCUT2D eigenvalue weighted by Gasteiger charge is 2.24. The van der Waals surface area contributed by atoms with Crippen LogP contribution in [-0.2, 0) is 13.1 Å². The zero-order chi connectivity index (χ0) is 17.4. The number of hydrogen-bond acceptors (Lipinski definition) is 4. The van der Waals surface area contributed by atoms with E-state index < -0.39 is 0 Å². The number of aromatic nitrogens is 3. The van der Waals surface area contributed by atoms with Crippen molar-refractivity contribution in [2.45, 2.75) is 20.0 Å². The number of rotatable bonds is 2. The molecule has 0 radical (unpaired) electrons. The maximum Gasteiger partial charge on any atom is 0.322 e. The van der Waals surface area contributed by atoms with Crippen LogP contribution in [0.3, 0.4) is 0 Å². The lowest BCUT2D eigenvalue weighted by Crippen LogP contribution is -2.30. The molecule has 7 heteroatoms. The van der Waals surface area contributed by atoms with Crippen LogP contribution < -0.4 is 11.1 Å². The number of carbonyl (C=O) groups excluding carboxylic acids is 1. The van der Waals surface area contributed by atoms with Crippen molar-refractivity contribution in [2.75, 3.05) is 11.1 Å². The van der Waals surface area contributed by atoms with Crippen molar-refractivity contribution in [2.24, 2.45) is 0 Å². The number of nitrogens with one attached hydrogen (secondary N) is 1. The fourth-order valence-electron chi connectivity index (χ4n) is 2.87. The van der Waals surface area contributed by atoms with Gasteiger partial charge in [0.15, 0.2) is 5.82 Å². The van der Waals surface area contributed by atoms with Crippen LogP contribution in [-0.4, -0.2) is 25.7 Å². The summed E-state index contributed by atoms with van der Waals surface area (Å²) in [6.45, 7) is 3.13. The van der Waals surface area contributed by atoms with E-state index in [1.807, 2.05) is 37.3 Å². The Hall–Kier alpha value is -3.35. The molecule has 0 saturated heterocycles. The Labute approximate surface area is 145 Å². The van der Waals surface area contributed by atoms with Crippen molar-refractivity contribution in [3.63, 3.8) is 0 Å². The summed E-state index contributed by atoms with van der Waals surface area (Å²) >= 11 is 0. The van der Waals surface area contributed by atoms with Crippen LogP contribution in [0, 0.1) is 6.92 Å². The third-order valence-electron chi connectivity index (χ3n) is 4.30. The molecule has 1 aliphatic heterocycles. The van der Waals surface area contributed by atoms with E-state index in [1.54, 1.807) is 28.2 Å². The first-order valence-corrected chi connectivity index (χ1v) is 8.00. The van der Waals surface area contributed by atoms with Gasteiger partial charge in [0.1, 0.15) is 5.69 Å². The molecular formula is C18H18N6O. The molecule has 0 atom stereocenters. The molecule has 3 N–H and O–H groups in total. The number of aryl methyl sites for hydroxylation is 1. The number of nitrogens with two attached hydrogens (primary N) is 1. The third-order valence-corrected chi connectivity index (χ3v) is 4.30. The predicted octanol–water partition coefficient (Wildman–Crippen LogP) is 2.71. The molecule has 2 amide bonds. The Morgan fingerprint density at radius 1 is 1.16 bits per heavy atom. The van der Waals surface area contributed by atoms with Crippen molar-refractivity contribution in [1.29, 1.82) is 0 Å². The van der Waals surface area contributed by atoms with Gasteiger partial charge in [-0.1, -0.05) is 17.7 Å². The van der Waals surface area contributed by atoms with Gasteiger partial charge in [-0.2, -0.15) is 0 Å². The van der Waals surface area contributed by atoms with E-state index in [-0.39, 0.29) is 11.8 Å². The Kier molecular flexibility index (Phi) is 3.61. The van der Waals surface area contributed by atoms with Crippen LogP contribution in [0.15, 0.2) is 48.9 Å². The number of amides is 2. The maximum atomic E-state index is 12.5. The minimum absolute atomic E-state index is 0.202. The van der Waals surface area contributed by atoms with E-state index in [4.69, 9.17) is 5.73 Å². The van der Waals surface area contributed by atoms with Crippen LogP contribution >= 0.6 is 0 Å². The van der Waals surface area contributed by atoms with Gasteiger partial charge in [-0.3, -0.25) is 4.98 Å². The largest absolute Gasteiger partial charge is 0.380 e. The molecule has 3 heterocycles. The molecule has 126 valence electrons. The minimum atomic E-state index is -0.202.